The van der Waals surface area contributed by atoms with Crippen molar-refractivity contribution in [2.45, 2.75) is 58.3 Å². The van der Waals surface area contributed by atoms with E-state index >= 15 is 0 Å². The van der Waals surface area contributed by atoms with Crippen LogP contribution >= 0.6 is 0 Å². The van der Waals surface area contributed by atoms with Crippen molar-refractivity contribution >= 4 is 0 Å². The molecule has 0 aliphatic carbocycles. The van der Waals surface area contributed by atoms with Crippen LogP contribution in [0.15, 0.2) is 18.2 Å². The van der Waals surface area contributed by atoms with Crippen LogP contribution < -0.4 is 5.32 Å². The Kier molecular flexibility index (Phi) is 4.41. The maximum Gasteiger partial charge on any atom is 0.163 e. The first kappa shape index (κ1) is 16.4. The summed E-state index contributed by atoms with van der Waals surface area (Å²) in [4.78, 5) is 0. The number of ether oxygens (including phenoxy) is 1. The largest absolute Gasteiger partial charge is 0.369 e. The number of halogens is 2. The zero-order valence-corrected chi connectivity index (χ0v) is 13.5. The van der Waals surface area contributed by atoms with Crippen LogP contribution in [0.4, 0.5) is 8.78 Å². The van der Waals surface area contributed by atoms with Crippen molar-refractivity contribution in [3.05, 3.63) is 35.4 Å². The van der Waals surface area contributed by atoms with Crippen molar-refractivity contribution in [1.29, 1.82) is 0 Å². The molecule has 0 radical (unpaired) electrons. The van der Waals surface area contributed by atoms with Crippen molar-refractivity contribution in [1.82, 2.24) is 5.32 Å². The van der Waals surface area contributed by atoms with Crippen molar-refractivity contribution in [2.75, 3.05) is 6.54 Å². The smallest absolute Gasteiger partial charge is 0.163 e. The summed E-state index contributed by atoms with van der Waals surface area (Å²) in [5, 5.41) is 3.32. The van der Waals surface area contributed by atoms with Gasteiger partial charge in [0.15, 0.2) is 11.6 Å². The number of hydrogen-bond acceptors (Lipinski definition) is 2. The monoisotopic (exact) mass is 297 g/mol. The van der Waals surface area contributed by atoms with E-state index in [2.05, 4.69) is 5.32 Å². The van der Waals surface area contributed by atoms with Gasteiger partial charge in [-0.3, -0.25) is 0 Å². The normalized spacial score (nSPS) is 25.0. The Labute approximate surface area is 125 Å². The van der Waals surface area contributed by atoms with E-state index in [-0.39, 0.29) is 17.6 Å². The predicted molar refractivity (Wildman–Crippen MR) is 80.1 cm³/mol. The van der Waals surface area contributed by atoms with Crippen LogP contribution in [0.5, 0.6) is 0 Å². The van der Waals surface area contributed by atoms with Gasteiger partial charge in [0.2, 0.25) is 0 Å². The Morgan fingerprint density at radius 3 is 2.48 bits per heavy atom. The zero-order valence-electron chi connectivity index (χ0n) is 13.5. The molecule has 1 aromatic rings. The van der Waals surface area contributed by atoms with Crippen LogP contribution in [-0.2, 0) is 4.74 Å². The molecule has 1 aromatic carbocycles. The van der Waals surface area contributed by atoms with Gasteiger partial charge in [0.05, 0.1) is 11.2 Å². The summed E-state index contributed by atoms with van der Waals surface area (Å²) in [6.07, 6.45) is 0.799. The molecule has 2 rings (SSSR count). The molecule has 1 fully saturated rings. The third-order valence-corrected chi connectivity index (χ3v) is 4.29. The molecule has 0 saturated carbocycles. The molecule has 1 aliphatic heterocycles. The van der Waals surface area contributed by atoms with E-state index in [0.717, 1.165) is 12.5 Å². The summed E-state index contributed by atoms with van der Waals surface area (Å²) in [7, 11) is 0. The SMILES string of the molecule is CCNC(c1cccc(F)c1F)C1CC(C)(C)OC1(C)C. The van der Waals surface area contributed by atoms with Crippen molar-refractivity contribution in [3.8, 4) is 0 Å². The molecule has 0 spiro atoms. The van der Waals surface area contributed by atoms with Gasteiger partial charge in [-0.05, 0) is 46.7 Å². The number of benzene rings is 1. The third kappa shape index (κ3) is 3.27. The zero-order chi connectivity index (χ0) is 15.8. The highest BCUT2D eigenvalue weighted by molar-refractivity contribution is 5.25. The highest BCUT2D eigenvalue weighted by Crippen LogP contribution is 2.48. The standard InChI is InChI=1S/C17H25F2NO/c1-6-20-15(11-8-7-9-13(18)14(11)19)12-10-16(2,3)21-17(12,4)5/h7-9,12,15,20H,6,10H2,1-5H3. The van der Waals surface area contributed by atoms with Crippen LogP contribution in [0.3, 0.4) is 0 Å². The molecular weight excluding hydrogens is 272 g/mol. The van der Waals surface area contributed by atoms with Crippen LogP contribution in [-0.4, -0.2) is 17.7 Å². The lowest BCUT2D eigenvalue weighted by Crippen LogP contribution is -2.39. The molecule has 118 valence electrons. The number of rotatable bonds is 4. The summed E-state index contributed by atoms with van der Waals surface area (Å²) in [5.74, 6) is -1.49. The van der Waals surface area contributed by atoms with Gasteiger partial charge in [-0.1, -0.05) is 19.1 Å². The molecule has 1 aliphatic rings. The quantitative estimate of drug-likeness (QED) is 0.899. The molecule has 21 heavy (non-hydrogen) atoms. The molecule has 2 atom stereocenters. The second-order valence-electron chi connectivity index (χ2n) is 6.95. The van der Waals surface area contributed by atoms with Gasteiger partial charge in [-0.2, -0.15) is 0 Å². The lowest BCUT2D eigenvalue weighted by Gasteiger charge is -2.34. The summed E-state index contributed by atoms with van der Waals surface area (Å²) >= 11 is 0. The molecule has 0 aromatic heterocycles. The molecule has 2 unspecified atom stereocenters. The van der Waals surface area contributed by atoms with E-state index in [1.54, 1.807) is 12.1 Å². The second kappa shape index (κ2) is 5.65. The molecule has 0 bridgehead atoms. The van der Waals surface area contributed by atoms with Gasteiger partial charge >= 0.3 is 0 Å². The fourth-order valence-electron chi connectivity index (χ4n) is 3.57. The molecule has 2 nitrogen and oxygen atoms in total. The lowest BCUT2D eigenvalue weighted by molar-refractivity contribution is -0.0779. The highest BCUT2D eigenvalue weighted by atomic mass is 19.2. The Balaban J connectivity index is 2.42. The van der Waals surface area contributed by atoms with E-state index in [4.69, 9.17) is 4.74 Å². The summed E-state index contributed by atoms with van der Waals surface area (Å²) in [6, 6.07) is 4.11. The second-order valence-corrected chi connectivity index (χ2v) is 6.95. The lowest BCUT2D eigenvalue weighted by atomic mass is 9.78. The van der Waals surface area contributed by atoms with Gasteiger partial charge in [-0.15, -0.1) is 0 Å². The van der Waals surface area contributed by atoms with Crippen molar-refractivity contribution in [2.24, 2.45) is 5.92 Å². The topological polar surface area (TPSA) is 21.3 Å². The fourth-order valence-corrected chi connectivity index (χ4v) is 3.57. The minimum atomic E-state index is -0.800. The van der Waals surface area contributed by atoms with Gasteiger partial charge in [0.25, 0.3) is 0 Å². The first-order valence-electron chi connectivity index (χ1n) is 7.55. The minimum Gasteiger partial charge on any atom is -0.369 e. The predicted octanol–water partition coefficient (Wildman–Crippen LogP) is 4.21. The van der Waals surface area contributed by atoms with Crippen LogP contribution in [0.2, 0.25) is 0 Å². The molecule has 1 saturated heterocycles. The average molecular weight is 297 g/mol. The maximum absolute atomic E-state index is 14.2. The van der Waals surface area contributed by atoms with E-state index in [0.29, 0.717) is 12.1 Å². The fraction of sp³-hybridized carbons (Fsp3) is 0.647. The number of hydrogen-bond donors (Lipinski definition) is 1. The molecule has 4 heteroatoms. The summed E-state index contributed by atoms with van der Waals surface area (Å²) in [6.45, 7) is 10.8. The Morgan fingerprint density at radius 1 is 1.29 bits per heavy atom. The van der Waals surface area contributed by atoms with Gasteiger partial charge in [-0.25, -0.2) is 8.78 Å². The molecule has 0 amide bonds. The van der Waals surface area contributed by atoms with Crippen LogP contribution in [0, 0.1) is 17.6 Å². The van der Waals surface area contributed by atoms with Gasteiger partial charge < -0.3 is 10.1 Å². The van der Waals surface area contributed by atoms with Crippen molar-refractivity contribution < 1.29 is 13.5 Å². The minimum absolute atomic E-state index is 0.0729. The van der Waals surface area contributed by atoms with Crippen LogP contribution in [0.25, 0.3) is 0 Å². The molecular formula is C17H25F2NO. The van der Waals surface area contributed by atoms with E-state index in [1.807, 2.05) is 34.6 Å². The Hall–Kier alpha value is -1.00. The van der Waals surface area contributed by atoms with Gasteiger partial charge in [0.1, 0.15) is 0 Å². The summed E-state index contributed by atoms with van der Waals surface area (Å²) in [5.41, 5.74) is -0.267. The number of nitrogens with one attached hydrogen (secondary N) is 1. The van der Waals surface area contributed by atoms with E-state index < -0.39 is 17.2 Å². The first-order valence-corrected chi connectivity index (χ1v) is 7.55. The van der Waals surface area contributed by atoms with Crippen molar-refractivity contribution in [3.63, 3.8) is 0 Å². The Bertz CT molecular complexity index is 514. The van der Waals surface area contributed by atoms with Crippen LogP contribution in [0.1, 0.15) is 52.6 Å². The Morgan fingerprint density at radius 2 is 1.95 bits per heavy atom. The highest BCUT2D eigenvalue weighted by Gasteiger charge is 2.49. The van der Waals surface area contributed by atoms with E-state index in [1.165, 1.54) is 0 Å². The molecule has 1 N–H and O–H groups in total. The average Bonchev–Trinajstić information content (AvgIpc) is 2.58. The van der Waals surface area contributed by atoms with Gasteiger partial charge in [0, 0.05) is 17.5 Å². The van der Waals surface area contributed by atoms with E-state index in [9.17, 15) is 8.78 Å². The maximum atomic E-state index is 14.2. The third-order valence-electron chi connectivity index (χ3n) is 4.29. The molecule has 1 heterocycles. The first-order chi connectivity index (χ1) is 9.68. The summed E-state index contributed by atoms with van der Waals surface area (Å²) < 4.78 is 33.9.